The van der Waals surface area contributed by atoms with Gasteiger partial charge in [-0.15, -0.1) is 0 Å². The lowest BCUT2D eigenvalue weighted by atomic mass is 10.0. The maximum absolute atomic E-state index is 13.2. The molecule has 6 rings (SSSR count). The van der Waals surface area contributed by atoms with Gasteiger partial charge >= 0.3 is 0 Å². The van der Waals surface area contributed by atoms with Crippen LogP contribution in [0, 0.1) is 0 Å². The number of benzene rings is 3. The number of phenols is 1. The number of nitrogens with zero attached hydrogens (tertiary/aromatic N) is 3. The Labute approximate surface area is 198 Å². The van der Waals surface area contributed by atoms with Gasteiger partial charge in [-0.2, -0.15) is 0 Å². The number of amides is 1. The van der Waals surface area contributed by atoms with Crippen LogP contribution in [0.3, 0.4) is 0 Å². The van der Waals surface area contributed by atoms with Crippen molar-refractivity contribution in [3.8, 4) is 16.9 Å². The minimum absolute atomic E-state index is 0.0286. The number of hydrogen-bond donors (Lipinski definition) is 2. The van der Waals surface area contributed by atoms with Gasteiger partial charge in [0.15, 0.2) is 0 Å². The maximum Gasteiger partial charge on any atom is 0.258 e. The molecule has 2 aliphatic rings. The zero-order chi connectivity index (χ0) is 23.1. The molecule has 0 radical (unpaired) electrons. The highest BCUT2D eigenvalue weighted by Crippen LogP contribution is 2.33. The summed E-state index contributed by atoms with van der Waals surface area (Å²) in [5.74, 6) is 0.796. The summed E-state index contributed by atoms with van der Waals surface area (Å²) in [5, 5.41) is 14.7. The second-order valence-corrected chi connectivity index (χ2v) is 9.25. The Hall–Kier alpha value is -3.93. The summed E-state index contributed by atoms with van der Waals surface area (Å²) >= 11 is 0. The number of phenolic OH excluding ortho intramolecular Hbond substituents is 1. The molecule has 6 heteroatoms. The number of hydrogen-bond acceptors (Lipinski definition) is 5. The number of rotatable bonds is 7. The van der Waals surface area contributed by atoms with Crippen LogP contribution in [0.2, 0.25) is 0 Å². The number of nitrogens with one attached hydrogen (secondary N) is 1. The number of carbonyl (C=O) groups is 1. The number of carbonyl (C=O) groups excluding carboxylic acids is 1. The predicted molar refractivity (Wildman–Crippen MR) is 133 cm³/mol. The van der Waals surface area contributed by atoms with Gasteiger partial charge in [-0.1, -0.05) is 36.4 Å². The molecule has 0 aliphatic heterocycles. The Morgan fingerprint density at radius 3 is 2.56 bits per heavy atom. The highest BCUT2D eigenvalue weighted by molar-refractivity contribution is 5.97. The topological polar surface area (TPSA) is 78.3 Å². The van der Waals surface area contributed by atoms with E-state index in [0.29, 0.717) is 18.2 Å². The molecule has 0 bridgehead atoms. The smallest absolute Gasteiger partial charge is 0.258 e. The number of fused-ring (bicyclic) bond motifs is 1. The third kappa shape index (κ3) is 4.19. The lowest BCUT2D eigenvalue weighted by molar-refractivity contribution is 0.0727. The first-order valence-corrected chi connectivity index (χ1v) is 11.9. The standard InChI is InChI=1S/C28H26N4O2/c33-26-7-2-1-6-23(26)28(34)32(22-11-12-22)16-18-4-3-5-19(14-18)20-8-13-25-24(15-20)27(30-17-29-25)31-21-9-10-21/h1-8,13-15,17,21-22,33H,9-12,16H2,(H,29,30,31). The van der Waals surface area contributed by atoms with E-state index in [2.05, 4.69) is 45.6 Å². The third-order valence-electron chi connectivity index (χ3n) is 6.55. The molecule has 2 saturated carbocycles. The average molecular weight is 451 g/mol. The van der Waals surface area contributed by atoms with Crippen LogP contribution in [-0.4, -0.2) is 38.0 Å². The Balaban J connectivity index is 1.30. The summed E-state index contributed by atoms with van der Waals surface area (Å²) in [4.78, 5) is 24.0. The van der Waals surface area contributed by atoms with Crippen LogP contribution in [0.15, 0.2) is 73.1 Å². The summed E-state index contributed by atoms with van der Waals surface area (Å²) in [7, 11) is 0. The van der Waals surface area contributed by atoms with Gasteiger partial charge in [-0.25, -0.2) is 9.97 Å². The Morgan fingerprint density at radius 1 is 0.941 bits per heavy atom. The van der Waals surface area contributed by atoms with Gasteiger partial charge in [0.05, 0.1) is 11.1 Å². The van der Waals surface area contributed by atoms with Crippen molar-refractivity contribution in [3.63, 3.8) is 0 Å². The molecule has 6 nitrogen and oxygen atoms in total. The molecule has 2 N–H and O–H groups in total. The van der Waals surface area contributed by atoms with E-state index in [1.165, 1.54) is 12.8 Å². The summed E-state index contributed by atoms with van der Waals surface area (Å²) < 4.78 is 0. The second kappa shape index (κ2) is 8.45. The van der Waals surface area contributed by atoms with E-state index in [9.17, 15) is 9.90 Å². The Kier molecular flexibility index (Phi) is 5.13. The van der Waals surface area contributed by atoms with Gasteiger partial charge in [0.1, 0.15) is 17.9 Å². The fourth-order valence-electron chi connectivity index (χ4n) is 4.38. The normalized spacial score (nSPS) is 15.3. The lowest BCUT2D eigenvalue weighted by Gasteiger charge is -2.23. The Morgan fingerprint density at radius 2 is 1.76 bits per heavy atom. The largest absolute Gasteiger partial charge is 0.507 e. The van der Waals surface area contributed by atoms with E-state index in [0.717, 1.165) is 46.3 Å². The number of aromatic nitrogens is 2. The molecule has 0 saturated heterocycles. The monoisotopic (exact) mass is 450 g/mol. The fraction of sp³-hybridized carbons (Fsp3) is 0.250. The van der Waals surface area contributed by atoms with E-state index >= 15 is 0 Å². The van der Waals surface area contributed by atoms with E-state index in [4.69, 9.17) is 0 Å². The third-order valence-corrected chi connectivity index (χ3v) is 6.55. The fourth-order valence-corrected chi connectivity index (χ4v) is 4.38. The number of para-hydroxylation sites is 1. The van der Waals surface area contributed by atoms with Crippen LogP contribution in [0.1, 0.15) is 41.6 Å². The first-order valence-electron chi connectivity index (χ1n) is 11.9. The minimum atomic E-state index is -0.121. The van der Waals surface area contributed by atoms with E-state index in [1.54, 1.807) is 30.6 Å². The van der Waals surface area contributed by atoms with E-state index in [-0.39, 0.29) is 17.7 Å². The molecule has 34 heavy (non-hydrogen) atoms. The van der Waals surface area contributed by atoms with Crippen molar-refractivity contribution in [2.75, 3.05) is 5.32 Å². The van der Waals surface area contributed by atoms with Crippen molar-refractivity contribution in [1.29, 1.82) is 0 Å². The quantitative estimate of drug-likeness (QED) is 0.395. The summed E-state index contributed by atoms with van der Waals surface area (Å²) in [6.45, 7) is 0.511. The number of aromatic hydroxyl groups is 1. The first-order chi connectivity index (χ1) is 16.7. The molecule has 2 fully saturated rings. The predicted octanol–water partition coefficient (Wildman–Crippen LogP) is 5.38. The van der Waals surface area contributed by atoms with Crippen LogP contribution in [0.4, 0.5) is 5.82 Å². The van der Waals surface area contributed by atoms with Gasteiger partial charge in [0.25, 0.3) is 5.91 Å². The van der Waals surface area contributed by atoms with Crippen LogP contribution in [-0.2, 0) is 6.54 Å². The molecule has 0 atom stereocenters. The molecule has 0 unspecified atom stereocenters. The van der Waals surface area contributed by atoms with Gasteiger partial charge in [-0.05, 0) is 72.7 Å². The molecule has 2 aliphatic carbocycles. The lowest BCUT2D eigenvalue weighted by Crippen LogP contribution is -2.32. The molecular weight excluding hydrogens is 424 g/mol. The van der Waals surface area contributed by atoms with Crippen LogP contribution >= 0.6 is 0 Å². The van der Waals surface area contributed by atoms with Gasteiger partial charge in [0.2, 0.25) is 0 Å². The average Bonchev–Trinajstić information content (AvgIpc) is 3.78. The number of anilines is 1. The highest BCUT2D eigenvalue weighted by atomic mass is 16.3. The molecular formula is C28H26N4O2. The van der Waals surface area contributed by atoms with Gasteiger partial charge < -0.3 is 15.3 Å². The second-order valence-electron chi connectivity index (χ2n) is 9.25. The molecule has 170 valence electrons. The molecule has 4 aromatic rings. The minimum Gasteiger partial charge on any atom is -0.507 e. The highest BCUT2D eigenvalue weighted by Gasteiger charge is 2.34. The SMILES string of the molecule is O=C(c1ccccc1O)N(Cc1cccc(-c2ccc3ncnc(NC4CC4)c3c2)c1)C1CC1. The summed E-state index contributed by atoms with van der Waals surface area (Å²) in [6.07, 6.45) is 5.98. The molecule has 1 amide bonds. The van der Waals surface area contributed by atoms with Crippen LogP contribution in [0.25, 0.3) is 22.0 Å². The van der Waals surface area contributed by atoms with Crippen molar-refractivity contribution in [2.24, 2.45) is 0 Å². The molecule has 1 aromatic heterocycles. The maximum atomic E-state index is 13.2. The zero-order valence-electron chi connectivity index (χ0n) is 18.8. The molecule has 1 heterocycles. The van der Waals surface area contributed by atoms with Crippen molar-refractivity contribution >= 4 is 22.6 Å². The van der Waals surface area contributed by atoms with Gasteiger partial charge in [0, 0.05) is 24.0 Å². The summed E-state index contributed by atoms with van der Waals surface area (Å²) in [6, 6.07) is 22.1. The van der Waals surface area contributed by atoms with E-state index in [1.807, 2.05) is 17.0 Å². The van der Waals surface area contributed by atoms with Crippen molar-refractivity contribution < 1.29 is 9.90 Å². The van der Waals surface area contributed by atoms with Gasteiger partial charge in [-0.3, -0.25) is 4.79 Å². The van der Waals surface area contributed by atoms with Crippen molar-refractivity contribution in [3.05, 3.63) is 84.2 Å². The first kappa shape index (κ1) is 20.7. The summed E-state index contributed by atoms with van der Waals surface area (Å²) in [5.41, 5.74) is 4.52. The molecule has 3 aromatic carbocycles. The van der Waals surface area contributed by atoms with Crippen LogP contribution in [0.5, 0.6) is 5.75 Å². The van der Waals surface area contributed by atoms with E-state index < -0.39 is 0 Å². The zero-order valence-corrected chi connectivity index (χ0v) is 18.8. The Bertz CT molecular complexity index is 1380. The van der Waals surface area contributed by atoms with Crippen molar-refractivity contribution in [2.45, 2.75) is 44.3 Å². The van der Waals surface area contributed by atoms with Crippen molar-refractivity contribution in [1.82, 2.24) is 14.9 Å². The van der Waals surface area contributed by atoms with Crippen LogP contribution < -0.4 is 5.32 Å². The molecule has 0 spiro atoms.